The van der Waals surface area contributed by atoms with E-state index in [0.717, 1.165) is 21.4 Å². The Morgan fingerprint density at radius 2 is 1.95 bits per heavy atom. The minimum absolute atomic E-state index is 0.231. The van der Waals surface area contributed by atoms with E-state index in [9.17, 15) is 8.42 Å². The van der Waals surface area contributed by atoms with Crippen LogP contribution in [0, 0.1) is 0 Å². The number of rotatable bonds is 4. The van der Waals surface area contributed by atoms with Gasteiger partial charge in [-0.25, -0.2) is 13.1 Å². The van der Waals surface area contributed by atoms with Gasteiger partial charge in [0.1, 0.15) is 4.21 Å². The lowest BCUT2D eigenvalue weighted by Gasteiger charge is -2.13. The fourth-order valence-electron chi connectivity index (χ4n) is 1.58. The number of benzene rings is 1. The molecule has 0 aliphatic rings. The molecule has 0 spiro atoms. The van der Waals surface area contributed by atoms with Crippen molar-refractivity contribution in [3.63, 3.8) is 0 Å². The molecule has 0 aliphatic heterocycles. The van der Waals surface area contributed by atoms with Gasteiger partial charge in [0.15, 0.2) is 0 Å². The highest BCUT2D eigenvalue weighted by molar-refractivity contribution is 9.10. The molecule has 0 saturated heterocycles. The number of nitrogens with one attached hydrogen (secondary N) is 1. The molecule has 0 radical (unpaired) electrons. The normalized spacial score (nSPS) is 13.4. The third kappa shape index (κ3) is 3.56. The molecule has 7 heteroatoms. The largest absolute Gasteiger partial charge is 0.398 e. The zero-order chi connectivity index (χ0) is 14.0. The first-order chi connectivity index (χ1) is 8.88. The number of hydrogen-bond donors (Lipinski definition) is 2. The van der Waals surface area contributed by atoms with Crippen LogP contribution in [-0.2, 0) is 10.0 Å². The smallest absolute Gasteiger partial charge is 0.250 e. The standard InChI is InChI=1S/C12H13BrN2O2S2/c1-8(9-2-4-10(13)5-3-9)15-19(16,17)12-6-11(14)7-18-12/h2-8,15H,14H2,1H3/t8-/m0/s1. The van der Waals surface area contributed by atoms with Crippen molar-refractivity contribution in [3.8, 4) is 0 Å². The molecule has 0 aliphatic carbocycles. The van der Waals surface area contributed by atoms with Crippen LogP contribution >= 0.6 is 27.3 Å². The van der Waals surface area contributed by atoms with Crippen molar-refractivity contribution in [2.24, 2.45) is 0 Å². The fourth-order valence-corrected chi connectivity index (χ4v) is 4.17. The van der Waals surface area contributed by atoms with Gasteiger partial charge in [-0.15, -0.1) is 11.3 Å². The molecule has 0 bridgehead atoms. The highest BCUT2D eigenvalue weighted by Gasteiger charge is 2.19. The lowest BCUT2D eigenvalue weighted by Crippen LogP contribution is -2.26. The molecular formula is C12H13BrN2O2S2. The van der Waals surface area contributed by atoms with Gasteiger partial charge in [0.05, 0.1) is 0 Å². The Morgan fingerprint density at radius 1 is 1.32 bits per heavy atom. The maximum atomic E-state index is 12.1. The quantitative estimate of drug-likeness (QED) is 0.879. The average molecular weight is 361 g/mol. The molecule has 1 aromatic heterocycles. The summed E-state index contributed by atoms with van der Waals surface area (Å²) in [5, 5.41) is 1.61. The molecule has 19 heavy (non-hydrogen) atoms. The molecule has 2 rings (SSSR count). The van der Waals surface area contributed by atoms with Crippen molar-refractivity contribution in [1.29, 1.82) is 0 Å². The Kier molecular flexibility index (Phi) is 4.29. The van der Waals surface area contributed by atoms with Crippen LogP contribution in [0.1, 0.15) is 18.5 Å². The van der Waals surface area contributed by atoms with E-state index in [1.165, 1.54) is 6.07 Å². The summed E-state index contributed by atoms with van der Waals surface area (Å²) in [5.41, 5.74) is 6.91. The number of halogens is 1. The molecule has 0 saturated carbocycles. The first-order valence-electron chi connectivity index (χ1n) is 5.50. The number of thiophene rings is 1. The lowest BCUT2D eigenvalue weighted by molar-refractivity contribution is 0.569. The van der Waals surface area contributed by atoms with Gasteiger partial charge < -0.3 is 5.73 Å². The van der Waals surface area contributed by atoms with Gasteiger partial charge in [-0.1, -0.05) is 28.1 Å². The zero-order valence-electron chi connectivity index (χ0n) is 10.1. The summed E-state index contributed by atoms with van der Waals surface area (Å²) >= 11 is 4.46. The average Bonchev–Trinajstić information content (AvgIpc) is 2.77. The van der Waals surface area contributed by atoms with E-state index in [1.54, 1.807) is 12.3 Å². The minimum Gasteiger partial charge on any atom is -0.398 e. The Balaban J connectivity index is 2.18. The highest BCUT2D eigenvalue weighted by atomic mass is 79.9. The van der Waals surface area contributed by atoms with Crippen LogP contribution in [0.5, 0.6) is 0 Å². The first-order valence-corrected chi connectivity index (χ1v) is 8.66. The van der Waals surface area contributed by atoms with E-state index < -0.39 is 10.0 Å². The van der Waals surface area contributed by atoms with E-state index in [2.05, 4.69) is 20.7 Å². The number of anilines is 1. The Labute approximate surface area is 124 Å². The second-order valence-corrected chi connectivity index (χ2v) is 7.86. The monoisotopic (exact) mass is 360 g/mol. The van der Waals surface area contributed by atoms with Gasteiger partial charge in [0.2, 0.25) is 0 Å². The van der Waals surface area contributed by atoms with Gasteiger partial charge in [-0.3, -0.25) is 0 Å². The van der Waals surface area contributed by atoms with E-state index in [4.69, 9.17) is 5.73 Å². The molecule has 3 N–H and O–H groups in total. The van der Waals surface area contributed by atoms with Crippen LogP contribution in [-0.4, -0.2) is 8.42 Å². The molecule has 102 valence electrons. The molecule has 1 atom stereocenters. The van der Waals surface area contributed by atoms with Crippen LogP contribution in [0.15, 0.2) is 44.4 Å². The Hall–Kier alpha value is -0.890. The highest BCUT2D eigenvalue weighted by Crippen LogP contribution is 2.24. The zero-order valence-corrected chi connectivity index (χ0v) is 13.3. The van der Waals surface area contributed by atoms with Crippen molar-refractivity contribution in [1.82, 2.24) is 4.72 Å². The molecular weight excluding hydrogens is 348 g/mol. The predicted molar refractivity (Wildman–Crippen MR) is 81.6 cm³/mol. The maximum Gasteiger partial charge on any atom is 0.250 e. The van der Waals surface area contributed by atoms with Crippen molar-refractivity contribution >= 4 is 43.0 Å². The number of nitrogens with two attached hydrogens (primary N) is 1. The van der Waals surface area contributed by atoms with Crippen LogP contribution in [0.4, 0.5) is 5.69 Å². The Morgan fingerprint density at radius 3 is 2.47 bits per heavy atom. The van der Waals surface area contributed by atoms with Crippen molar-refractivity contribution in [2.75, 3.05) is 5.73 Å². The molecule has 1 heterocycles. The number of nitrogen functional groups attached to an aromatic ring is 1. The SMILES string of the molecule is C[C@H](NS(=O)(=O)c1cc(N)cs1)c1ccc(Br)cc1. The van der Waals surface area contributed by atoms with Gasteiger partial charge in [-0.05, 0) is 30.7 Å². The van der Waals surface area contributed by atoms with Crippen LogP contribution in [0.25, 0.3) is 0 Å². The van der Waals surface area contributed by atoms with E-state index in [-0.39, 0.29) is 10.3 Å². The lowest BCUT2D eigenvalue weighted by atomic mass is 10.1. The second-order valence-electron chi connectivity index (χ2n) is 4.09. The summed E-state index contributed by atoms with van der Waals surface area (Å²) in [6.45, 7) is 1.80. The first kappa shape index (κ1) is 14.5. The van der Waals surface area contributed by atoms with Crippen LogP contribution in [0.2, 0.25) is 0 Å². The van der Waals surface area contributed by atoms with Crippen molar-refractivity contribution in [2.45, 2.75) is 17.2 Å². The molecule has 0 unspecified atom stereocenters. The van der Waals surface area contributed by atoms with Gasteiger partial charge in [-0.2, -0.15) is 0 Å². The number of hydrogen-bond acceptors (Lipinski definition) is 4. The fraction of sp³-hybridized carbons (Fsp3) is 0.167. The summed E-state index contributed by atoms with van der Waals surface area (Å²) < 4.78 is 28.1. The van der Waals surface area contributed by atoms with Crippen molar-refractivity contribution < 1.29 is 8.42 Å². The number of sulfonamides is 1. The summed E-state index contributed by atoms with van der Waals surface area (Å²) in [7, 11) is -3.52. The predicted octanol–water partition coefficient (Wildman–Crippen LogP) is 3.13. The summed E-state index contributed by atoms with van der Waals surface area (Å²) in [6, 6.07) is 8.66. The summed E-state index contributed by atoms with van der Waals surface area (Å²) in [6.07, 6.45) is 0. The van der Waals surface area contributed by atoms with Gasteiger partial charge in [0.25, 0.3) is 10.0 Å². The molecule has 4 nitrogen and oxygen atoms in total. The topological polar surface area (TPSA) is 72.2 Å². The molecule has 1 aromatic carbocycles. The van der Waals surface area contributed by atoms with Gasteiger partial charge >= 0.3 is 0 Å². The van der Waals surface area contributed by atoms with Crippen molar-refractivity contribution in [3.05, 3.63) is 45.7 Å². The van der Waals surface area contributed by atoms with E-state index in [1.807, 2.05) is 24.3 Å². The van der Waals surface area contributed by atoms with Crippen LogP contribution < -0.4 is 10.5 Å². The van der Waals surface area contributed by atoms with Crippen LogP contribution in [0.3, 0.4) is 0 Å². The second kappa shape index (κ2) is 5.62. The third-order valence-electron chi connectivity index (χ3n) is 2.56. The van der Waals surface area contributed by atoms with E-state index in [0.29, 0.717) is 5.69 Å². The molecule has 0 fully saturated rings. The molecule has 2 aromatic rings. The Bertz CT molecular complexity index is 665. The summed E-state index contributed by atoms with van der Waals surface area (Å²) in [4.78, 5) is 0. The summed E-state index contributed by atoms with van der Waals surface area (Å²) in [5.74, 6) is 0. The maximum absolute atomic E-state index is 12.1. The third-order valence-corrected chi connectivity index (χ3v) is 6.09. The minimum atomic E-state index is -3.52. The molecule has 0 amide bonds. The van der Waals surface area contributed by atoms with Gasteiger partial charge in [0, 0.05) is 21.6 Å². The van der Waals surface area contributed by atoms with E-state index >= 15 is 0 Å².